The highest BCUT2D eigenvalue weighted by atomic mass is 32.1. The minimum absolute atomic E-state index is 0.195. The van der Waals surface area contributed by atoms with Crippen LogP contribution >= 0.6 is 11.3 Å². The molecule has 0 fully saturated rings. The quantitative estimate of drug-likeness (QED) is 0.406. The summed E-state index contributed by atoms with van der Waals surface area (Å²) in [5.41, 5.74) is 2.05. The molecule has 0 saturated carbocycles. The van der Waals surface area contributed by atoms with Gasteiger partial charge >= 0.3 is 0 Å². The summed E-state index contributed by atoms with van der Waals surface area (Å²) in [4.78, 5) is 17.8. The number of carbonyl (C=O) groups is 1. The zero-order valence-electron chi connectivity index (χ0n) is 17.8. The van der Waals surface area contributed by atoms with E-state index in [2.05, 4.69) is 15.4 Å². The SMILES string of the molecule is CCOc1ccc(C(=O)NCCc2csc3nc(-c4cccc(F)c4)nn23)cc1OCC. The fourth-order valence-corrected chi connectivity index (χ4v) is 4.10. The van der Waals surface area contributed by atoms with Gasteiger partial charge in [0.25, 0.3) is 5.91 Å². The number of hydrogen-bond donors (Lipinski definition) is 1. The third-order valence-corrected chi connectivity index (χ3v) is 5.57. The molecule has 0 aliphatic carbocycles. The predicted octanol–water partition coefficient (Wildman–Crippen LogP) is 4.37. The van der Waals surface area contributed by atoms with Crippen LogP contribution in [0, 0.1) is 5.82 Å². The Morgan fingerprint density at radius 2 is 1.94 bits per heavy atom. The molecule has 166 valence electrons. The number of benzene rings is 2. The van der Waals surface area contributed by atoms with E-state index in [0.29, 0.717) is 54.6 Å². The Labute approximate surface area is 188 Å². The Morgan fingerprint density at radius 1 is 1.12 bits per heavy atom. The number of thiazole rings is 1. The van der Waals surface area contributed by atoms with E-state index in [-0.39, 0.29) is 11.7 Å². The molecule has 0 unspecified atom stereocenters. The maximum absolute atomic E-state index is 13.5. The average Bonchev–Trinajstić information content (AvgIpc) is 3.37. The second kappa shape index (κ2) is 9.78. The first-order chi connectivity index (χ1) is 15.6. The average molecular weight is 455 g/mol. The lowest BCUT2D eigenvalue weighted by atomic mass is 10.2. The third kappa shape index (κ3) is 4.72. The van der Waals surface area contributed by atoms with Crippen LogP contribution in [0.25, 0.3) is 16.3 Å². The van der Waals surface area contributed by atoms with E-state index in [4.69, 9.17) is 9.47 Å². The molecule has 0 radical (unpaired) electrons. The van der Waals surface area contributed by atoms with Crippen LogP contribution in [-0.2, 0) is 6.42 Å². The number of fused-ring (bicyclic) bond motifs is 1. The summed E-state index contributed by atoms with van der Waals surface area (Å²) >= 11 is 1.45. The van der Waals surface area contributed by atoms with Gasteiger partial charge in [-0.3, -0.25) is 4.79 Å². The van der Waals surface area contributed by atoms with Crippen LogP contribution in [0.4, 0.5) is 4.39 Å². The lowest BCUT2D eigenvalue weighted by Crippen LogP contribution is -2.26. The number of halogens is 1. The normalized spacial score (nSPS) is 11.0. The molecular weight excluding hydrogens is 431 g/mol. The summed E-state index contributed by atoms with van der Waals surface area (Å²) < 4.78 is 26.4. The monoisotopic (exact) mass is 454 g/mol. The highest BCUT2D eigenvalue weighted by Crippen LogP contribution is 2.28. The fourth-order valence-electron chi connectivity index (χ4n) is 3.25. The van der Waals surface area contributed by atoms with Gasteiger partial charge in [-0.05, 0) is 44.2 Å². The first-order valence-corrected chi connectivity index (χ1v) is 11.2. The summed E-state index contributed by atoms with van der Waals surface area (Å²) in [5, 5.41) is 9.39. The lowest BCUT2D eigenvalue weighted by Gasteiger charge is -2.12. The standard InChI is InChI=1S/C23H23FN4O3S/c1-3-30-19-9-8-16(13-20(19)31-4-2)22(29)25-11-10-18-14-32-23-26-21(27-28(18)23)15-6-5-7-17(24)12-15/h5-9,12-14H,3-4,10-11H2,1-2H3,(H,25,29). The number of aromatic nitrogens is 3. The van der Waals surface area contributed by atoms with Crippen LogP contribution in [0.2, 0.25) is 0 Å². The van der Waals surface area contributed by atoms with Crippen molar-refractivity contribution >= 4 is 22.2 Å². The third-order valence-electron chi connectivity index (χ3n) is 4.70. The summed E-state index contributed by atoms with van der Waals surface area (Å²) in [7, 11) is 0. The van der Waals surface area contributed by atoms with Crippen molar-refractivity contribution in [2.75, 3.05) is 19.8 Å². The van der Waals surface area contributed by atoms with Gasteiger partial charge in [-0.15, -0.1) is 16.4 Å². The van der Waals surface area contributed by atoms with E-state index in [0.717, 1.165) is 10.7 Å². The smallest absolute Gasteiger partial charge is 0.251 e. The lowest BCUT2D eigenvalue weighted by molar-refractivity contribution is 0.0953. The molecular formula is C23H23FN4O3S. The minimum atomic E-state index is -0.328. The number of nitrogens with zero attached hydrogens (tertiary/aromatic N) is 3. The Bertz CT molecular complexity index is 1240. The predicted molar refractivity (Wildman–Crippen MR) is 121 cm³/mol. The molecule has 4 rings (SSSR count). The maximum atomic E-state index is 13.5. The number of ether oxygens (including phenoxy) is 2. The van der Waals surface area contributed by atoms with Crippen LogP contribution in [0.15, 0.2) is 47.8 Å². The van der Waals surface area contributed by atoms with Crippen LogP contribution in [-0.4, -0.2) is 40.3 Å². The Hall–Kier alpha value is -3.46. The number of hydrogen-bond acceptors (Lipinski definition) is 6. The van der Waals surface area contributed by atoms with Gasteiger partial charge in [0.15, 0.2) is 17.3 Å². The molecule has 32 heavy (non-hydrogen) atoms. The van der Waals surface area contributed by atoms with Gasteiger partial charge in [0.2, 0.25) is 4.96 Å². The van der Waals surface area contributed by atoms with Gasteiger partial charge in [-0.1, -0.05) is 12.1 Å². The second-order valence-electron chi connectivity index (χ2n) is 6.90. The van der Waals surface area contributed by atoms with Crippen molar-refractivity contribution in [3.05, 3.63) is 64.9 Å². The van der Waals surface area contributed by atoms with Crippen molar-refractivity contribution in [3.63, 3.8) is 0 Å². The molecule has 0 atom stereocenters. The molecule has 2 aromatic heterocycles. The van der Waals surface area contributed by atoms with Gasteiger partial charge in [-0.25, -0.2) is 8.91 Å². The topological polar surface area (TPSA) is 77.8 Å². The van der Waals surface area contributed by atoms with Crippen molar-refractivity contribution in [1.82, 2.24) is 19.9 Å². The van der Waals surface area contributed by atoms with E-state index < -0.39 is 0 Å². The van der Waals surface area contributed by atoms with Crippen LogP contribution in [0.3, 0.4) is 0 Å². The van der Waals surface area contributed by atoms with E-state index in [9.17, 15) is 9.18 Å². The molecule has 7 nitrogen and oxygen atoms in total. The molecule has 1 amide bonds. The van der Waals surface area contributed by atoms with Crippen LogP contribution in [0.1, 0.15) is 29.9 Å². The van der Waals surface area contributed by atoms with Crippen molar-refractivity contribution in [2.24, 2.45) is 0 Å². The van der Waals surface area contributed by atoms with Crippen molar-refractivity contribution in [1.29, 1.82) is 0 Å². The molecule has 0 aliphatic rings. The fraction of sp³-hybridized carbons (Fsp3) is 0.261. The summed E-state index contributed by atoms with van der Waals surface area (Å²) in [6, 6.07) is 11.4. The molecule has 1 N–H and O–H groups in total. The minimum Gasteiger partial charge on any atom is -0.490 e. The van der Waals surface area contributed by atoms with Crippen molar-refractivity contribution in [3.8, 4) is 22.9 Å². The Balaban J connectivity index is 1.42. The first-order valence-electron chi connectivity index (χ1n) is 10.4. The van der Waals surface area contributed by atoms with E-state index >= 15 is 0 Å². The maximum Gasteiger partial charge on any atom is 0.251 e. The molecule has 0 bridgehead atoms. The van der Waals surface area contributed by atoms with Gasteiger partial charge in [0.05, 0.1) is 18.9 Å². The first kappa shape index (κ1) is 21.8. The summed E-state index contributed by atoms with van der Waals surface area (Å²) in [6.07, 6.45) is 0.576. The Morgan fingerprint density at radius 3 is 2.72 bits per heavy atom. The summed E-state index contributed by atoms with van der Waals surface area (Å²) in [6.45, 7) is 5.21. The number of rotatable bonds is 9. The van der Waals surface area contributed by atoms with E-state index in [1.807, 2.05) is 19.2 Å². The Kier molecular flexibility index (Phi) is 6.65. The second-order valence-corrected chi connectivity index (χ2v) is 7.74. The molecule has 0 saturated heterocycles. The highest BCUT2D eigenvalue weighted by Gasteiger charge is 2.14. The number of nitrogens with one attached hydrogen (secondary N) is 1. The van der Waals surface area contributed by atoms with E-state index in [1.165, 1.54) is 23.5 Å². The molecule has 9 heteroatoms. The zero-order chi connectivity index (χ0) is 22.5. The summed E-state index contributed by atoms with van der Waals surface area (Å²) in [5.74, 6) is 1.12. The molecule has 2 aromatic carbocycles. The van der Waals surface area contributed by atoms with Crippen molar-refractivity contribution in [2.45, 2.75) is 20.3 Å². The number of amides is 1. The highest BCUT2D eigenvalue weighted by molar-refractivity contribution is 7.15. The van der Waals surface area contributed by atoms with Crippen LogP contribution < -0.4 is 14.8 Å². The van der Waals surface area contributed by atoms with E-state index in [1.54, 1.807) is 34.8 Å². The van der Waals surface area contributed by atoms with Crippen molar-refractivity contribution < 1.29 is 18.7 Å². The molecule has 2 heterocycles. The molecule has 0 spiro atoms. The zero-order valence-corrected chi connectivity index (χ0v) is 18.6. The largest absolute Gasteiger partial charge is 0.490 e. The van der Waals surface area contributed by atoms with Gasteiger partial charge in [0.1, 0.15) is 5.82 Å². The van der Waals surface area contributed by atoms with Crippen LogP contribution in [0.5, 0.6) is 11.5 Å². The van der Waals surface area contributed by atoms with Gasteiger partial charge in [0, 0.05) is 29.5 Å². The van der Waals surface area contributed by atoms with Gasteiger partial charge < -0.3 is 14.8 Å². The number of carbonyl (C=O) groups excluding carboxylic acids is 1. The van der Waals surface area contributed by atoms with Gasteiger partial charge in [-0.2, -0.15) is 4.98 Å². The molecule has 4 aromatic rings. The molecule has 0 aliphatic heterocycles.